The summed E-state index contributed by atoms with van der Waals surface area (Å²) in [4.78, 5) is 29.1. The van der Waals surface area contributed by atoms with E-state index in [1.54, 1.807) is 48.5 Å². The number of urea groups is 1. The molecule has 0 saturated carbocycles. The molecule has 2 aromatic rings. The minimum absolute atomic E-state index is 0.171. The third kappa shape index (κ3) is 2.51. The molecule has 2 aromatic carbocycles. The summed E-state index contributed by atoms with van der Waals surface area (Å²) in [6.45, 7) is 0.599. The van der Waals surface area contributed by atoms with Crippen LogP contribution in [0.25, 0.3) is 0 Å². The molecule has 1 spiro atoms. The molecular weight excluding hydrogens is 363 g/mol. The van der Waals surface area contributed by atoms with Crippen LogP contribution in [0.15, 0.2) is 48.5 Å². The van der Waals surface area contributed by atoms with Crippen LogP contribution in [0, 0.1) is 0 Å². The number of rotatable bonds is 2. The minimum atomic E-state index is -1.02. The smallest absolute Gasteiger partial charge is 0.336 e. The fourth-order valence-electron chi connectivity index (χ4n) is 3.34. The summed E-state index contributed by atoms with van der Waals surface area (Å²) < 4.78 is 5.49. The van der Waals surface area contributed by atoms with Gasteiger partial charge < -0.3 is 4.74 Å². The molecular formula is C18H14Cl2N2O3. The lowest BCUT2D eigenvalue weighted by Crippen LogP contribution is -2.50. The Morgan fingerprint density at radius 3 is 1.96 bits per heavy atom. The number of nitrogens with zero attached hydrogens (tertiary/aromatic N) is 2. The maximum Gasteiger partial charge on any atom is 0.336 e. The largest absolute Gasteiger partial charge is 0.378 e. The number of carbonyl (C=O) groups excluding carboxylic acids is 2. The van der Waals surface area contributed by atoms with Crippen LogP contribution in [-0.4, -0.2) is 30.7 Å². The minimum Gasteiger partial charge on any atom is -0.378 e. The molecule has 25 heavy (non-hydrogen) atoms. The zero-order valence-corrected chi connectivity index (χ0v) is 14.6. The molecule has 2 fully saturated rings. The van der Waals surface area contributed by atoms with Crippen LogP contribution in [0.3, 0.4) is 0 Å². The van der Waals surface area contributed by atoms with Gasteiger partial charge in [0.1, 0.15) is 0 Å². The number of amides is 3. The van der Waals surface area contributed by atoms with E-state index in [9.17, 15) is 9.59 Å². The molecule has 0 aromatic heterocycles. The topological polar surface area (TPSA) is 49.9 Å². The zero-order valence-electron chi connectivity index (χ0n) is 13.1. The van der Waals surface area contributed by atoms with Crippen molar-refractivity contribution in [2.24, 2.45) is 0 Å². The summed E-state index contributed by atoms with van der Waals surface area (Å²) in [5.74, 6) is -0.285. The highest BCUT2D eigenvalue weighted by Crippen LogP contribution is 2.41. The van der Waals surface area contributed by atoms with Crippen molar-refractivity contribution < 1.29 is 14.3 Å². The second kappa shape index (κ2) is 6.02. The first-order chi connectivity index (χ1) is 12.0. The van der Waals surface area contributed by atoms with E-state index in [0.29, 0.717) is 34.4 Å². The van der Waals surface area contributed by atoms with Gasteiger partial charge in [0.2, 0.25) is 0 Å². The second-order valence-corrected chi connectivity index (χ2v) is 6.92. The monoisotopic (exact) mass is 376 g/mol. The standard InChI is InChI=1S/C18H14Cl2N2O3/c19-12-1-5-14(6-2-12)21-16(23)18(9-10-25-11-18)22(17(21)24)15-7-3-13(20)4-8-15/h1-8H,9-11H2. The first-order valence-electron chi connectivity index (χ1n) is 7.81. The number of hydrogen-bond donors (Lipinski definition) is 0. The predicted octanol–water partition coefficient (Wildman–Crippen LogP) is 4.13. The van der Waals surface area contributed by atoms with Gasteiger partial charge in [-0.25, -0.2) is 9.69 Å². The molecule has 0 aliphatic carbocycles. The lowest BCUT2D eigenvalue weighted by Gasteiger charge is -2.29. The number of anilines is 2. The van der Waals surface area contributed by atoms with E-state index in [0.717, 1.165) is 0 Å². The third-order valence-corrected chi connectivity index (χ3v) is 5.09. The Kier molecular flexibility index (Phi) is 3.95. The lowest BCUT2D eigenvalue weighted by molar-refractivity contribution is -0.121. The molecule has 2 aliphatic rings. The lowest BCUT2D eigenvalue weighted by atomic mass is 9.96. The van der Waals surface area contributed by atoms with Gasteiger partial charge in [-0.15, -0.1) is 0 Å². The molecule has 3 amide bonds. The molecule has 0 bridgehead atoms. The molecule has 1 atom stereocenters. The van der Waals surface area contributed by atoms with Crippen LogP contribution in [0.5, 0.6) is 0 Å². The normalized spacial score (nSPS) is 23.1. The summed E-state index contributed by atoms with van der Waals surface area (Å²) >= 11 is 11.9. The predicted molar refractivity (Wildman–Crippen MR) is 96.4 cm³/mol. The number of carbonyl (C=O) groups is 2. The summed E-state index contributed by atoms with van der Waals surface area (Å²) in [6.07, 6.45) is 0.449. The van der Waals surface area contributed by atoms with Gasteiger partial charge in [0.15, 0.2) is 5.54 Å². The van der Waals surface area contributed by atoms with Gasteiger partial charge in [-0.3, -0.25) is 9.69 Å². The van der Waals surface area contributed by atoms with Crippen molar-refractivity contribution in [2.45, 2.75) is 12.0 Å². The molecule has 5 nitrogen and oxygen atoms in total. The quantitative estimate of drug-likeness (QED) is 0.740. The molecule has 0 radical (unpaired) electrons. The van der Waals surface area contributed by atoms with E-state index < -0.39 is 11.6 Å². The Bertz CT molecular complexity index is 830. The maximum absolute atomic E-state index is 13.2. The molecule has 2 heterocycles. The highest BCUT2D eigenvalue weighted by Gasteiger charge is 2.60. The molecule has 0 N–H and O–H groups in total. The van der Waals surface area contributed by atoms with E-state index >= 15 is 0 Å². The maximum atomic E-state index is 13.2. The van der Waals surface area contributed by atoms with Crippen LogP contribution >= 0.6 is 23.2 Å². The van der Waals surface area contributed by atoms with E-state index in [-0.39, 0.29) is 12.5 Å². The van der Waals surface area contributed by atoms with Crippen molar-refractivity contribution >= 4 is 46.5 Å². The molecule has 128 valence electrons. The van der Waals surface area contributed by atoms with Crippen molar-refractivity contribution in [2.75, 3.05) is 23.0 Å². The molecule has 7 heteroatoms. The number of hydrogen-bond acceptors (Lipinski definition) is 3. The van der Waals surface area contributed by atoms with Crippen LogP contribution < -0.4 is 9.80 Å². The number of halogens is 2. The SMILES string of the molecule is O=C1N(c2ccc(Cl)cc2)C(=O)C2(CCOC2)N1c1ccc(Cl)cc1. The van der Waals surface area contributed by atoms with E-state index in [2.05, 4.69) is 0 Å². The summed E-state index contributed by atoms with van der Waals surface area (Å²) in [5.41, 5.74) is 0.0803. The van der Waals surface area contributed by atoms with E-state index in [1.165, 1.54) is 9.80 Å². The Morgan fingerprint density at radius 2 is 1.44 bits per heavy atom. The zero-order chi connectivity index (χ0) is 17.6. The van der Waals surface area contributed by atoms with Gasteiger partial charge >= 0.3 is 6.03 Å². The molecule has 1 unspecified atom stereocenters. The average Bonchev–Trinajstić information content (AvgIpc) is 3.16. The van der Waals surface area contributed by atoms with Crippen LogP contribution in [0.2, 0.25) is 10.0 Å². The average molecular weight is 377 g/mol. The van der Waals surface area contributed by atoms with Gasteiger partial charge in [-0.2, -0.15) is 0 Å². The summed E-state index contributed by atoms with van der Waals surface area (Å²) in [7, 11) is 0. The van der Waals surface area contributed by atoms with Crippen molar-refractivity contribution in [1.82, 2.24) is 0 Å². The van der Waals surface area contributed by atoms with Crippen LogP contribution in [0.1, 0.15) is 6.42 Å². The van der Waals surface area contributed by atoms with Gasteiger partial charge in [-0.1, -0.05) is 23.2 Å². The number of benzene rings is 2. The van der Waals surface area contributed by atoms with Gasteiger partial charge in [-0.05, 0) is 48.5 Å². The fourth-order valence-corrected chi connectivity index (χ4v) is 3.59. The van der Waals surface area contributed by atoms with Gasteiger partial charge in [0.25, 0.3) is 5.91 Å². The van der Waals surface area contributed by atoms with E-state index in [1.807, 2.05) is 0 Å². The number of ether oxygens (including phenoxy) is 1. The Hall–Kier alpha value is -2.08. The Labute approximate surface area is 154 Å². The van der Waals surface area contributed by atoms with Crippen molar-refractivity contribution in [3.8, 4) is 0 Å². The third-order valence-electron chi connectivity index (χ3n) is 4.58. The number of imide groups is 1. The van der Waals surface area contributed by atoms with Crippen molar-refractivity contribution in [1.29, 1.82) is 0 Å². The van der Waals surface area contributed by atoms with E-state index in [4.69, 9.17) is 27.9 Å². The first kappa shape index (κ1) is 16.4. The van der Waals surface area contributed by atoms with Crippen LogP contribution in [0.4, 0.5) is 16.2 Å². The molecule has 2 saturated heterocycles. The first-order valence-corrected chi connectivity index (χ1v) is 8.56. The molecule has 2 aliphatic heterocycles. The highest BCUT2D eigenvalue weighted by molar-refractivity contribution is 6.32. The second-order valence-electron chi connectivity index (χ2n) is 6.05. The van der Waals surface area contributed by atoms with Gasteiger partial charge in [0.05, 0.1) is 12.3 Å². The van der Waals surface area contributed by atoms with Crippen molar-refractivity contribution in [3.05, 3.63) is 58.6 Å². The Morgan fingerprint density at radius 1 is 0.880 bits per heavy atom. The van der Waals surface area contributed by atoms with Gasteiger partial charge in [0, 0.05) is 28.8 Å². The fraction of sp³-hybridized carbons (Fsp3) is 0.222. The van der Waals surface area contributed by atoms with Crippen LogP contribution in [-0.2, 0) is 9.53 Å². The summed E-state index contributed by atoms with van der Waals surface area (Å²) in [5, 5.41) is 1.10. The molecule has 4 rings (SSSR count). The highest BCUT2D eigenvalue weighted by atomic mass is 35.5. The summed E-state index contributed by atoms with van der Waals surface area (Å²) in [6, 6.07) is 13.1. The Balaban J connectivity index is 1.82. The van der Waals surface area contributed by atoms with Crippen molar-refractivity contribution in [3.63, 3.8) is 0 Å².